The molecule has 0 aliphatic carbocycles. The molecule has 0 saturated carbocycles. The van der Waals surface area contributed by atoms with Gasteiger partial charge in [-0.3, -0.25) is 4.79 Å². The Kier molecular flexibility index (Phi) is 5.49. The number of nitrogens with one attached hydrogen (secondary N) is 1. The van der Waals surface area contributed by atoms with Crippen LogP contribution in [0.1, 0.15) is 16.1 Å². The highest BCUT2D eigenvalue weighted by molar-refractivity contribution is 5.81. The van der Waals surface area contributed by atoms with Gasteiger partial charge in [0, 0.05) is 11.3 Å². The summed E-state index contributed by atoms with van der Waals surface area (Å²) in [6.07, 6.45) is 2.40. The Morgan fingerprint density at radius 1 is 1.08 bits per heavy atom. The molecule has 24 heavy (non-hydrogen) atoms. The Bertz CT molecular complexity index is 838. The SMILES string of the molecule is NO.Nc1nc(N)c2nc(CNc3ccc(C=O)cc3)cnc2n1. The summed E-state index contributed by atoms with van der Waals surface area (Å²) < 4.78 is 0. The van der Waals surface area contributed by atoms with Gasteiger partial charge in [-0.25, -0.2) is 15.9 Å². The van der Waals surface area contributed by atoms with Crippen molar-refractivity contribution in [2.75, 3.05) is 16.8 Å². The van der Waals surface area contributed by atoms with Crippen molar-refractivity contribution in [3.8, 4) is 0 Å². The molecule has 124 valence electrons. The maximum absolute atomic E-state index is 10.6. The van der Waals surface area contributed by atoms with Gasteiger partial charge in [0.25, 0.3) is 0 Å². The van der Waals surface area contributed by atoms with Gasteiger partial charge < -0.3 is 22.0 Å². The first-order valence-electron chi connectivity index (χ1n) is 6.75. The Labute approximate surface area is 136 Å². The van der Waals surface area contributed by atoms with Gasteiger partial charge in [0.1, 0.15) is 6.29 Å². The van der Waals surface area contributed by atoms with Crippen LogP contribution in [0.5, 0.6) is 0 Å². The summed E-state index contributed by atoms with van der Waals surface area (Å²) in [7, 11) is 0. The van der Waals surface area contributed by atoms with Crippen molar-refractivity contribution in [2.24, 2.45) is 5.90 Å². The smallest absolute Gasteiger partial charge is 0.224 e. The second kappa shape index (κ2) is 7.76. The van der Waals surface area contributed by atoms with Crippen LogP contribution >= 0.6 is 0 Å². The zero-order chi connectivity index (χ0) is 17.5. The second-order valence-electron chi connectivity index (χ2n) is 4.59. The maximum Gasteiger partial charge on any atom is 0.224 e. The zero-order valence-corrected chi connectivity index (χ0v) is 12.5. The summed E-state index contributed by atoms with van der Waals surface area (Å²) in [6, 6.07) is 7.10. The largest absolute Gasteiger partial charge is 0.382 e. The van der Waals surface area contributed by atoms with Crippen LogP contribution in [-0.4, -0.2) is 31.4 Å². The Morgan fingerprint density at radius 3 is 2.46 bits per heavy atom. The molecule has 0 aliphatic rings. The molecule has 1 aromatic carbocycles. The van der Waals surface area contributed by atoms with Gasteiger partial charge in [0.2, 0.25) is 5.95 Å². The van der Waals surface area contributed by atoms with E-state index in [1.54, 1.807) is 18.3 Å². The third-order valence-corrected chi connectivity index (χ3v) is 3.02. The minimum absolute atomic E-state index is 0.0699. The van der Waals surface area contributed by atoms with E-state index in [0.717, 1.165) is 12.0 Å². The first kappa shape index (κ1) is 17.0. The molecule has 10 nitrogen and oxygen atoms in total. The number of fused-ring (bicyclic) bond motifs is 1. The van der Waals surface area contributed by atoms with Gasteiger partial charge in [-0.2, -0.15) is 9.97 Å². The average Bonchev–Trinajstić information content (AvgIpc) is 2.62. The number of nitrogens with two attached hydrogens (primary N) is 3. The lowest BCUT2D eigenvalue weighted by Crippen LogP contribution is -2.07. The van der Waals surface area contributed by atoms with Crippen molar-refractivity contribution >= 4 is 34.9 Å². The molecule has 0 aliphatic heterocycles. The number of carbonyl (C=O) groups is 1. The van der Waals surface area contributed by atoms with E-state index in [2.05, 4.69) is 31.1 Å². The number of aromatic nitrogens is 4. The normalized spacial score (nSPS) is 9.92. The van der Waals surface area contributed by atoms with Crippen LogP contribution < -0.4 is 22.7 Å². The molecule has 0 atom stereocenters. The fraction of sp³-hybridized carbons (Fsp3) is 0.0714. The number of benzene rings is 1. The summed E-state index contributed by atoms with van der Waals surface area (Å²) in [5.41, 5.74) is 14.3. The quantitative estimate of drug-likeness (QED) is 0.331. The molecular formula is C14H16N8O2. The van der Waals surface area contributed by atoms with Crippen molar-refractivity contribution in [3.05, 3.63) is 41.7 Å². The second-order valence-corrected chi connectivity index (χ2v) is 4.59. The predicted octanol–water partition coefficient (Wildman–Crippen LogP) is 0.343. The van der Waals surface area contributed by atoms with Crippen molar-refractivity contribution in [1.82, 2.24) is 19.9 Å². The number of nitrogens with zero attached hydrogens (tertiary/aromatic N) is 4. The first-order valence-corrected chi connectivity index (χ1v) is 6.75. The van der Waals surface area contributed by atoms with Crippen LogP contribution in [-0.2, 0) is 6.54 Å². The van der Waals surface area contributed by atoms with Gasteiger partial charge in [-0.05, 0) is 24.3 Å². The molecule has 0 spiro atoms. The molecule has 3 aromatic rings. The molecule has 2 aromatic heterocycles. The topological polar surface area (TPSA) is 179 Å². The van der Waals surface area contributed by atoms with Gasteiger partial charge >= 0.3 is 0 Å². The van der Waals surface area contributed by atoms with E-state index in [9.17, 15) is 4.79 Å². The summed E-state index contributed by atoms with van der Waals surface area (Å²) >= 11 is 0. The summed E-state index contributed by atoms with van der Waals surface area (Å²) in [4.78, 5) is 27.0. The Hall–Kier alpha value is -3.37. The summed E-state index contributed by atoms with van der Waals surface area (Å²) in [5, 5.41) is 9.68. The molecule has 8 N–H and O–H groups in total. The number of nitrogen functional groups attached to an aromatic ring is 2. The molecule has 0 bridgehead atoms. The van der Waals surface area contributed by atoms with E-state index in [0.29, 0.717) is 29.0 Å². The summed E-state index contributed by atoms with van der Waals surface area (Å²) in [6.45, 7) is 0.452. The van der Waals surface area contributed by atoms with E-state index in [1.165, 1.54) is 0 Å². The van der Waals surface area contributed by atoms with Gasteiger partial charge in [0.05, 0.1) is 18.4 Å². The van der Waals surface area contributed by atoms with E-state index in [4.69, 9.17) is 16.7 Å². The Morgan fingerprint density at radius 2 is 1.79 bits per heavy atom. The Balaban J connectivity index is 0.00000100. The highest BCUT2D eigenvalue weighted by Crippen LogP contribution is 2.15. The molecule has 0 saturated heterocycles. The van der Waals surface area contributed by atoms with E-state index in [1.807, 2.05) is 12.1 Å². The summed E-state index contributed by atoms with van der Waals surface area (Å²) in [5.74, 6) is 3.77. The van der Waals surface area contributed by atoms with Crippen LogP contribution in [0.25, 0.3) is 11.2 Å². The maximum atomic E-state index is 10.6. The molecule has 10 heteroatoms. The van der Waals surface area contributed by atoms with E-state index < -0.39 is 0 Å². The molecule has 0 unspecified atom stereocenters. The molecule has 3 rings (SSSR count). The standard InChI is InChI=1S/C14H13N7O.H3NO/c15-12-11-13(21-14(16)20-12)18-6-10(19-11)5-17-9-3-1-8(7-22)2-4-9;1-2/h1-4,6-7,17H,5H2,(H4,15,16,18,20,21);2H,1H2. The molecule has 0 fully saturated rings. The van der Waals surface area contributed by atoms with E-state index >= 15 is 0 Å². The number of rotatable bonds is 4. The van der Waals surface area contributed by atoms with Gasteiger partial charge in [0.15, 0.2) is 17.0 Å². The fourth-order valence-electron chi connectivity index (χ4n) is 1.94. The number of carbonyl (C=O) groups excluding carboxylic acids is 1. The number of hydrogen-bond donors (Lipinski definition) is 5. The zero-order valence-electron chi connectivity index (χ0n) is 12.5. The van der Waals surface area contributed by atoms with Crippen LogP contribution in [0.15, 0.2) is 30.5 Å². The third kappa shape index (κ3) is 3.88. The minimum atomic E-state index is 0.0699. The molecule has 0 amide bonds. The highest BCUT2D eigenvalue weighted by Gasteiger charge is 2.07. The van der Waals surface area contributed by atoms with E-state index in [-0.39, 0.29) is 11.8 Å². The van der Waals surface area contributed by atoms with Crippen LogP contribution in [0.2, 0.25) is 0 Å². The van der Waals surface area contributed by atoms with Crippen LogP contribution in [0, 0.1) is 0 Å². The number of anilines is 3. The van der Waals surface area contributed by atoms with Gasteiger partial charge in [-0.1, -0.05) is 0 Å². The molecule has 0 radical (unpaired) electrons. The first-order chi connectivity index (χ1) is 11.7. The number of hydrogen-bond acceptors (Lipinski definition) is 10. The predicted molar refractivity (Wildman–Crippen MR) is 89.1 cm³/mol. The lowest BCUT2D eigenvalue weighted by atomic mass is 10.2. The monoisotopic (exact) mass is 328 g/mol. The highest BCUT2D eigenvalue weighted by atomic mass is 16.4. The average molecular weight is 328 g/mol. The minimum Gasteiger partial charge on any atom is -0.382 e. The third-order valence-electron chi connectivity index (χ3n) is 3.02. The van der Waals surface area contributed by atoms with Crippen LogP contribution in [0.4, 0.5) is 17.5 Å². The lowest BCUT2D eigenvalue weighted by Gasteiger charge is -2.07. The molecular weight excluding hydrogens is 312 g/mol. The van der Waals surface area contributed by atoms with Crippen molar-refractivity contribution < 1.29 is 10.0 Å². The lowest BCUT2D eigenvalue weighted by molar-refractivity contribution is 0.112. The van der Waals surface area contributed by atoms with Crippen LogP contribution in [0.3, 0.4) is 0 Å². The van der Waals surface area contributed by atoms with Gasteiger partial charge in [-0.15, -0.1) is 0 Å². The number of aldehydes is 1. The van der Waals surface area contributed by atoms with Crippen molar-refractivity contribution in [1.29, 1.82) is 0 Å². The molecule has 2 heterocycles. The van der Waals surface area contributed by atoms with Crippen molar-refractivity contribution in [3.63, 3.8) is 0 Å². The fourth-order valence-corrected chi connectivity index (χ4v) is 1.94. The van der Waals surface area contributed by atoms with Crippen molar-refractivity contribution in [2.45, 2.75) is 6.54 Å².